The van der Waals surface area contributed by atoms with E-state index in [0.29, 0.717) is 19.3 Å². The zero-order chi connectivity index (χ0) is 36.9. The molecule has 0 saturated heterocycles. The molecule has 0 aliphatic rings. The van der Waals surface area contributed by atoms with Crippen molar-refractivity contribution in [3.63, 3.8) is 0 Å². The van der Waals surface area contributed by atoms with E-state index in [1.165, 1.54) is 122 Å². The maximum atomic E-state index is 12.7. The molecular weight excluding hydrogens is 624 g/mol. The lowest BCUT2D eigenvalue weighted by atomic mass is 10.00. The van der Waals surface area contributed by atoms with Crippen LogP contribution >= 0.6 is 0 Å². The van der Waals surface area contributed by atoms with E-state index in [2.05, 4.69) is 34.6 Å². The molecule has 1 unspecified atom stereocenters. The van der Waals surface area contributed by atoms with Crippen molar-refractivity contribution in [1.82, 2.24) is 0 Å². The SMILES string of the molecule is CCCCCCCCCCCCC(=O)OC[C@@H](COC(=O)CCCCCCCCCCCC(C)C)OC(=O)CCCCCCCCC(C)CC. The highest BCUT2D eigenvalue weighted by atomic mass is 16.6. The molecule has 0 N–H and O–H groups in total. The maximum absolute atomic E-state index is 12.7. The van der Waals surface area contributed by atoms with E-state index in [1.54, 1.807) is 0 Å². The van der Waals surface area contributed by atoms with Crippen LogP contribution in [0.3, 0.4) is 0 Å². The summed E-state index contributed by atoms with van der Waals surface area (Å²) in [5.74, 6) is 0.753. The van der Waals surface area contributed by atoms with Crippen molar-refractivity contribution in [1.29, 1.82) is 0 Å². The summed E-state index contributed by atoms with van der Waals surface area (Å²) >= 11 is 0. The first-order valence-electron chi connectivity index (χ1n) is 21.8. The Kier molecular flexibility index (Phi) is 36.0. The first-order valence-corrected chi connectivity index (χ1v) is 21.8. The Morgan fingerprint density at radius 3 is 1.14 bits per heavy atom. The van der Waals surface area contributed by atoms with Gasteiger partial charge in [0.05, 0.1) is 0 Å². The molecule has 0 aliphatic carbocycles. The van der Waals surface area contributed by atoms with Gasteiger partial charge in [0.25, 0.3) is 0 Å². The van der Waals surface area contributed by atoms with Gasteiger partial charge >= 0.3 is 17.9 Å². The molecule has 0 bridgehead atoms. The molecule has 2 atom stereocenters. The second-order valence-electron chi connectivity index (χ2n) is 15.7. The fraction of sp³-hybridized carbons (Fsp3) is 0.932. The molecule has 0 spiro atoms. The molecule has 6 nitrogen and oxygen atoms in total. The lowest BCUT2D eigenvalue weighted by Gasteiger charge is -2.18. The Morgan fingerprint density at radius 1 is 0.420 bits per heavy atom. The maximum Gasteiger partial charge on any atom is 0.306 e. The highest BCUT2D eigenvalue weighted by Crippen LogP contribution is 2.16. The van der Waals surface area contributed by atoms with Crippen molar-refractivity contribution in [2.75, 3.05) is 13.2 Å². The Morgan fingerprint density at radius 2 is 0.760 bits per heavy atom. The first kappa shape index (κ1) is 48.4. The van der Waals surface area contributed by atoms with Crippen LogP contribution in [-0.2, 0) is 28.6 Å². The Labute approximate surface area is 310 Å². The highest BCUT2D eigenvalue weighted by Gasteiger charge is 2.19. The third-order valence-electron chi connectivity index (χ3n) is 10.1. The first-order chi connectivity index (χ1) is 24.3. The minimum atomic E-state index is -0.760. The van der Waals surface area contributed by atoms with Gasteiger partial charge in [-0.2, -0.15) is 0 Å². The standard InChI is InChI=1S/C44H84O6/c1-6-8-9-10-11-12-15-18-24-29-34-42(45)48-37-41(50-44(47)36-31-26-21-20-23-28-33-40(5)7-2)38-49-43(46)35-30-25-19-16-13-14-17-22-27-32-39(3)4/h39-41H,6-38H2,1-5H3/t40?,41-/m0/s1. The number of esters is 3. The molecule has 0 aliphatic heterocycles. The quantitative estimate of drug-likeness (QED) is 0.0361. The predicted molar refractivity (Wildman–Crippen MR) is 210 cm³/mol. The Bertz CT molecular complexity index is 766. The average Bonchev–Trinajstić information content (AvgIpc) is 3.09. The van der Waals surface area contributed by atoms with Crippen molar-refractivity contribution in [2.45, 2.75) is 240 Å². The average molecular weight is 709 g/mol. The molecule has 6 heteroatoms. The summed E-state index contributed by atoms with van der Waals surface area (Å²) < 4.78 is 16.7. The van der Waals surface area contributed by atoms with Gasteiger partial charge < -0.3 is 14.2 Å². The van der Waals surface area contributed by atoms with Gasteiger partial charge in [-0.25, -0.2) is 0 Å². The van der Waals surface area contributed by atoms with Crippen molar-refractivity contribution in [3.05, 3.63) is 0 Å². The smallest absolute Gasteiger partial charge is 0.306 e. The van der Waals surface area contributed by atoms with E-state index in [-0.39, 0.29) is 31.1 Å². The normalized spacial score (nSPS) is 12.6. The molecule has 0 radical (unpaired) electrons. The molecule has 0 fully saturated rings. The minimum absolute atomic E-state index is 0.0662. The monoisotopic (exact) mass is 709 g/mol. The molecule has 0 heterocycles. The number of carbonyl (C=O) groups is 3. The highest BCUT2D eigenvalue weighted by molar-refractivity contribution is 5.71. The summed E-state index contributed by atoms with van der Waals surface area (Å²) in [6, 6.07) is 0. The van der Waals surface area contributed by atoms with Gasteiger partial charge in [-0.1, -0.05) is 195 Å². The molecule has 0 saturated carbocycles. The van der Waals surface area contributed by atoms with Crippen LogP contribution in [0.15, 0.2) is 0 Å². The molecule has 0 aromatic rings. The number of ether oxygens (including phenoxy) is 3. The van der Waals surface area contributed by atoms with E-state index in [4.69, 9.17) is 14.2 Å². The van der Waals surface area contributed by atoms with E-state index < -0.39 is 6.10 Å². The van der Waals surface area contributed by atoms with Gasteiger partial charge in [0.1, 0.15) is 13.2 Å². The second kappa shape index (κ2) is 37.2. The van der Waals surface area contributed by atoms with Crippen LogP contribution in [0.5, 0.6) is 0 Å². The van der Waals surface area contributed by atoms with Crippen molar-refractivity contribution < 1.29 is 28.6 Å². The Balaban J connectivity index is 4.35. The molecule has 0 amide bonds. The van der Waals surface area contributed by atoms with Crippen LogP contribution in [0.2, 0.25) is 0 Å². The summed E-state index contributed by atoms with van der Waals surface area (Å²) in [7, 11) is 0. The number of hydrogen-bond donors (Lipinski definition) is 0. The lowest BCUT2D eigenvalue weighted by molar-refractivity contribution is -0.167. The van der Waals surface area contributed by atoms with E-state index >= 15 is 0 Å². The molecule has 0 aromatic carbocycles. The largest absolute Gasteiger partial charge is 0.462 e. The van der Waals surface area contributed by atoms with Crippen LogP contribution in [0.4, 0.5) is 0 Å². The Hall–Kier alpha value is -1.59. The van der Waals surface area contributed by atoms with Gasteiger partial charge in [0.2, 0.25) is 0 Å². The minimum Gasteiger partial charge on any atom is -0.462 e. The van der Waals surface area contributed by atoms with Gasteiger partial charge in [-0.15, -0.1) is 0 Å². The topological polar surface area (TPSA) is 78.9 Å². The number of unbranched alkanes of at least 4 members (excludes halogenated alkanes) is 22. The number of rotatable bonds is 38. The van der Waals surface area contributed by atoms with Crippen molar-refractivity contribution in [3.8, 4) is 0 Å². The predicted octanol–water partition coefficient (Wildman–Crippen LogP) is 13.4. The van der Waals surface area contributed by atoms with Crippen molar-refractivity contribution >= 4 is 17.9 Å². The molecule has 0 aromatic heterocycles. The summed E-state index contributed by atoms with van der Waals surface area (Å²) in [4.78, 5) is 37.6. The third-order valence-corrected chi connectivity index (χ3v) is 10.1. The van der Waals surface area contributed by atoms with Gasteiger partial charge in [-0.05, 0) is 31.1 Å². The van der Waals surface area contributed by atoms with Gasteiger partial charge in [0.15, 0.2) is 6.10 Å². The zero-order valence-corrected chi connectivity index (χ0v) is 34.0. The van der Waals surface area contributed by atoms with Crippen LogP contribution < -0.4 is 0 Å². The number of hydrogen-bond acceptors (Lipinski definition) is 6. The molecular formula is C44H84O6. The summed E-state index contributed by atoms with van der Waals surface area (Å²) in [5, 5.41) is 0. The molecule has 50 heavy (non-hydrogen) atoms. The van der Waals surface area contributed by atoms with E-state index in [1.807, 2.05) is 0 Å². The van der Waals surface area contributed by atoms with E-state index in [0.717, 1.165) is 69.6 Å². The van der Waals surface area contributed by atoms with Gasteiger partial charge in [-0.3, -0.25) is 14.4 Å². The zero-order valence-electron chi connectivity index (χ0n) is 34.0. The fourth-order valence-electron chi connectivity index (χ4n) is 6.37. The van der Waals surface area contributed by atoms with Crippen LogP contribution in [0.25, 0.3) is 0 Å². The lowest BCUT2D eigenvalue weighted by Crippen LogP contribution is -2.30. The second-order valence-corrected chi connectivity index (χ2v) is 15.7. The summed E-state index contributed by atoms with van der Waals surface area (Å²) in [6.45, 7) is 11.3. The number of carbonyl (C=O) groups excluding carboxylic acids is 3. The van der Waals surface area contributed by atoms with E-state index in [9.17, 15) is 14.4 Å². The summed E-state index contributed by atoms with van der Waals surface area (Å²) in [5.41, 5.74) is 0. The fourth-order valence-corrected chi connectivity index (χ4v) is 6.37. The van der Waals surface area contributed by atoms with Crippen LogP contribution in [0, 0.1) is 11.8 Å². The van der Waals surface area contributed by atoms with Gasteiger partial charge in [0, 0.05) is 19.3 Å². The summed E-state index contributed by atoms with van der Waals surface area (Å²) in [6.07, 6.45) is 33.7. The van der Waals surface area contributed by atoms with Crippen LogP contribution in [0.1, 0.15) is 234 Å². The van der Waals surface area contributed by atoms with Crippen molar-refractivity contribution in [2.24, 2.45) is 11.8 Å². The third kappa shape index (κ3) is 36.2. The van der Waals surface area contributed by atoms with Crippen LogP contribution in [-0.4, -0.2) is 37.2 Å². The molecule has 0 rings (SSSR count). The molecule has 296 valence electrons.